The maximum absolute atomic E-state index is 12.8. The minimum atomic E-state index is -0.106. The van der Waals surface area contributed by atoms with Crippen LogP contribution in [0.15, 0.2) is 64.1 Å². The number of rotatable bonds is 2. The Morgan fingerprint density at radius 1 is 1.11 bits per heavy atom. The number of nitrogens with zero attached hydrogens (tertiary/aromatic N) is 3. The third-order valence-corrected chi connectivity index (χ3v) is 5.58. The Morgan fingerprint density at radius 3 is 2.75 bits per heavy atom. The molecule has 7 heteroatoms. The van der Waals surface area contributed by atoms with Crippen molar-refractivity contribution in [3.05, 3.63) is 71.0 Å². The summed E-state index contributed by atoms with van der Waals surface area (Å²) in [5.41, 5.74) is 2.68. The number of nitrogens with one attached hydrogen (secondary N) is 1. The molecule has 28 heavy (non-hydrogen) atoms. The summed E-state index contributed by atoms with van der Waals surface area (Å²) >= 11 is 0. The van der Waals surface area contributed by atoms with E-state index in [4.69, 9.17) is 4.42 Å². The van der Waals surface area contributed by atoms with Crippen LogP contribution in [-0.2, 0) is 6.54 Å². The van der Waals surface area contributed by atoms with Crippen LogP contribution in [0.25, 0.3) is 11.5 Å². The van der Waals surface area contributed by atoms with Crippen LogP contribution < -0.4 is 10.9 Å². The molecule has 2 aliphatic rings. The Balaban J connectivity index is 1.30. The number of carbonyl (C=O) groups excluding carboxylic acids is 1. The lowest BCUT2D eigenvalue weighted by molar-refractivity contribution is 0.139. The third-order valence-electron chi connectivity index (χ3n) is 5.58. The van der Waals surface area contributed by atoms with Crippen molar-refractivity contribution in [1.29, 1.82) is 0 Å². The highest BCUT2D eigenvalue weighted by Crippen LogP contribution is 2.35. The van der Waals surface area contributed by atoms with Gasteiger partial charge in [-0.2, -0.15) is 0 Å². The molecule has 0 unspecified atom stereocenters. The first-order valence-electron chi connectivity index (χ1n) is 9.43. The number of urea groups is 1. The van der Waals surface area contributed by atoms with Gasteiger partial charge in [-0.05, 0) is 42.7 Å². The lowest BCUT2D eigenvalue weighted by Crippen LogP contribution is -2.50. The van der Waals surface area contributed by atoms with Gasteiger partial charge in [0, 0.05) is 48.6 Å². The molecule has 2 atom stereocenters. The van der Waals surface area contributed by atoms with Crippen LogP contribution in [0, 0.1) is 5.92 Å². The highest BCUT2D eigenvalue weighted by atomic mass is 16.3. The average molecular weight is 376 g/mol. The van der Waals surface area contributed by atoms with E-state index < -0.39 is 0 Å². The minimum Gasteiger partial charge on any atom is -0.445 e. The Hall–Kier alpha value is -3.35. The lowest BCUT2D eigenvalue weighted by atomic mass is 9.83. The van der Waals surface area contributed by atoms with Gasteiger partial charge in [-0.3, -0.25) is 4.79 Å². The van der Waals surface area contributed by atoms with Crippen molar-refractivity contribution in [2.24, 2.45) is 5.92 Å². The van der Waals surface area contributed by atoms with Crippen LogP contribution in [0.2, 0.25) is 0 Å². The first kappa shape index (κ1) is 16.8. The van der Waals surface area contributed by atoms with E-state index in [1.54, 1.807) is 12.3 Å². The summed E-state index contributed by atoms with van der Waals surface area (Å²) in [5, 5.41) is 2.98. The predicted octanol–water partition coefficient (Wildman–Crippen LogP) is 3.15. The van der Waals surface area contributed by atoms with Crippen LogP contribution in [0.4, 0.5) is 10.5 Å². The second-order valence-corrected chi connectivity index (χ2v) is 7.45. The van der Waals surface area contributed by atoms with E-state index in [-0.39, 0.29) is 17.5 Å². The van der Waals surface area contributed by atoms with Crippen LogP contribution in [0.1, 0.15) is 18.0 Å². The van der Waals surface area contributed by atoms with Crippen molar-refractivity contribution in [1.82, 2.24) is 14.5 Å². The molecule has 1 fully saturated rings. The van der Waals surface area contributed by atoms with Gasteiger partial charge in [0.15, 0.2) is 0 Å². The van der Waals surface area contributed by atoms with Gasteiger partial charge >= 0.3 is 6.03 Å². The quantitative estimate of drug-likeness (QED) is 0.745. The molecule has 1 aromatic carbocycles. The zero-order chi connectivity index (χ0) is 19.1. The maximum atomic E-state index is 12.8. The molecule has 5 rings (SSSR count). The second kappa shape index (κ2) is 6.67. The highest BCUT2D eigenvalue weighted by Gasteiger charge is 2.36. The Bertz CT molecular complexity index is 1060. The molecule has 0 radical (unpaired) electrons. The Kier molecular flexibility index (Phi) is 4.00. The molecule has 7 nitrogen and oxygen atoms in total. The number of hydrogen-bond acceptors (Lipinski definition) is 4. The van der Waals surface area contributed by atoms with Crippen LogP contribution in [0.3, 0.4) is 0 Å². The fourth-order valence-corrected chi connectivity index (χ4v) is 4.33. The summed E-state index contributed by atoms with van der Waals surface area (Å²) in [6, 6.07) is 12.7. The number of aromatic nitrogens is 2. The number of fused-ring (bicyclic) bond motifs is 4. The van der Waals surface area contributed by atoms with E-state index >= 15 is 0 Å². The van der Waals surface area contributed by atoms with Gasteiger partial charge in [0.05, 0.1) is 6.20 Å². The SMILES string of the molecule is O=C(Nc1ccc(-c2ncco2)cc1)N1C[C@@H]2C[C@H](C1)c1cccc(=O)n1C2. The molecule has 2 aromatic heterocycles. The maximum Gasteiger partial charge on any atom is 0.321 e. The zero-order valence-electron chi connectivity index (χ0n) is 15.2. The number of pyridine rings is 1. The summed E-state index contributed by atoms with van der Waals surface area (Å²) in [7, 11) is 0. The van der Waals surface area contributed by atoms with Crippen molar-refractivity contribution < 1.29 is 9.21 Å². The summed E-state index contributed by atoms with van der Waals surface area (Å²) in [4.78, 5) is 30.9. The molecule has 142 valence electrons. The summed E-state index contributed by atoms with van der Waals surface area (Å²) in [6.07, 6.45) is 4.16. The predicted molar refractivity (Wildman–Crippen MR) is 104 cm³/mol. The summed E-state index contributed by atoms with van der Waals surface area (Å²) in [5.74, 6) is 1.07. The molecule has 0 saturated carbocycles. The molecular formula is C21H20N4O3. The molecule has 3 aromatic rings. The Labute approximate surface area is 161 Å². The van der Waals surface area contributed by atoms with Crippen molar-refractivity contribution >= 4 is 11.7 Å². The van der Waals surface area contributed by atoms with Gasteiger partial charge in [-0.15, -0.1) is 0 Å². The van der Waals surface area contributed by atoms with Crippen molar-refractivity contribution in [3.8, 4) is 11.5 Å². The van der Waals surface area contributed by atoms with Crippen molar-refractivity contribution in [2.45, 2.75) is 18.9 Å². The minimum absolute atomic E-state index is 0.0521. The monoisotopic (exact) mass is 376 g/mol. The number of piperidine rings is 1. The smallest absolute Gasteiger partial charge is 0.321 e. The first-order valence-corrected chi connectivity index (χ1v) is 9.43. The molecule has 1 saturated heterocycles. The number of oxazole rings is 1. The third kappa shape index (κ3) is 2.98. The van der Waals surface area contributed by atoms with Crippen LogP contribution >= 0.6 is 0 Å². The van der Waals surface area contributed by atoms with Gasteiger partial charge in [0.1, 0.15) is 6.26 Å². The standard InChI is InChI=1S/C21H20N4O3/c26-19-3-1-2-18-16-10-14(12-25(18)19)11-24(13-16)21(27)23-17-6-4-15(5-7-17)20-22-8-9-28-20/h1-9,14,16H,10-13H2,(H,23,27)/t14-,16+/m0/s1. The lowest BCUT2D eigenvalue weighted by Gasteiger charge is -2.42. The molecule has 0 aliphatic carbocycles. The number of benzene rings is 1. The average Bonchev–Trinajstić information content (AvgIpc) is 3.24. The van der Waals surface area contributed by atoms with Crippen LogP contribution in [-0.4, -0.2) is 33.6 Å². The molecule has 1 N–H and O–H groups in total. The fourth-order valence-electron chi connectivity index (χ4n) is 4.33. The number of hydrogen-bond donors (Lipinski definition) is 1. The summed E-state index contributed by atoms with van der Waals surface area (Å²) in [6.45, 7) is 1.97. The molecule has 2 amide bonds. The van der Waals surface area contributed by atoms with Crippen LogP contribution in [0.5, 0.6) is 0 Å². The second-order valence-electron chi connectivity index (χ2n) is 7.45. The van der Waals surface area contributed by atoms with E-state index in [1.807, 2.05) is 45.9 Å². The van der Waals surface area contributed by atoms with E-state index in [2.05, 4.69) is 10.3 Å². The van der Waals surface area contributed by atoms with E-state index in [1.165, 1.54) is 6.26 Å². The van der Waals surface area contributed by atoms with Crippen molar-refractivity contribution in [3.63, 3.8) is 0 Å². The van der Waals surface area contributed by atoms with Gasteiger partial charge in [0.2, 0.25) is 5.89 Å². The zero-order valence-corrected chi connectivity index (χ0v) is 15.2. The highest BCUT2D eigenvalue weighted by molar-refractivity contribution is 5.89. The van der Waals surface area contributed by atoms with Gasteiger partial charge in [0.25, 0.3) is 5.56 Å². The van der Waals surface area contributed by atoms with E-state index in [0.29, 0.717) is 31.4 Å². The molecule has 2 bridgehead atoms. The number of carbonyl (C=O) groups is 1. The van der Waals surface area contributed by atoms with Gasteiger partial charge < -0.3 is 19.2 Å². The van der Waals surface area contributed by atoms with E-state index in [9.17, 15) is 9.59 Å². The van der Waals surface area contributed by atoms with Crippen molar-refractivity contribution in [2.75, 3.05) is 18.4 Å². The fraction of sp³-hybridized carbons (Fsp3) is 0.286. The summed E-state index contributed by atoms with van der Waals surface area (Å²) < 4.78 is 7.15. The van der Waals surface area contributed by atoms with E-state index in [0.717, 1.165) is 23.4 Å². The molecular weight excluding hydrogens is 356 g/mol. The molecule has 2 aliphatic heterocycles. The largest absolute Gasteiger partial charge is 0.445 e. The molecule has 4 heterocycles. The topological polar surface area (TPSA) is 80.4 Å². The Morgan fingerprint density at radius 2 is 1.96 bits per heavy atom. The normalized spacial score (nSPS) is 20.5. The van der Waals surface area contributed by atoms with Gasteiger partial charge in [-0.1, -0.05) is 6.07 Å². The number of anilines is 1. The molecule has 0 spiro atoms. The van der Waals surface area contributed by atoms with Gasteiger partial charge in [-0.25, -0.2) is 9.78 Å². The number of likely N-dealkylation sites (tertiary alicyclic amines) is 1. The first-order chi connectivity index (χ1) is 13.7. The number of amides is 2.